The second-order valence-electron chi connectivity index (χ2n) is 7.56. The molecule has 3 rings (SSSR count). The number of Topliss-reactive ketones (excluding diaryl/α,β-unsaturated/α-hetero) is 1. The number of rotatable bonds is 6. The van der Waals surface area contributed by atoms with Crippen molar-refractivity contribution in [1.82, 2.24) is 0 Å². The van der Waals surface area contributed by atoms with Gasteiger partial charge in [0.05, 0.1) is 12.5 Å². The SMILES string of the molecule is CCCCOC(=O)OC1CCC2C(=O)C(Oc3cc(C)cc(C)c3)=COC2C1. The third kappa shape index (κ3) is 5.06. The standard InChI is InChI=1S/C22H28O6/c1-4-5-8-25-22(24)28-16-6-7-18-19(12-16)26-13-20(21(18)23)27-17-10-14(2)9-15(3)11-17/h9-11,13,16,18-19H,4-8,12H2,1-3H3. The van der Waals surface area contributed by atoms with Gasteiger partial charge in [0, 0.05) is 6.42 Å². The van der Waals surface area contributed by atoms with Crippen molar-refractivity contribution >= 4 is 11.9 Å². The molecule has 2 aliphatic rings. The molecular formula is C22H28O6. The Bertz CT molecular complexity index is 733. The fourth-order valence-electron chi connectivity index (χ4n) is 3.70. The maximum absolute atomic E-state index is 12.8. The first kappa shape index (κ1) is 20.2. The molecule has 1 aliphatic heterocycles. The number of hydrogen-bond acceptors (Lipinski definition) is 6. The number of ether oxygens (including phenoxy) is 4. The summed E-state index contributed by atoms with van der Waals surface area (Å²) in [6, 6.07) is 5.83. The van der Waals surface area contributed by atoms with Crippen molar-refractivity contribution in [1.29, 1.82) is 0 Å². The van der Waals surface area contributed by atoms with Gasteiger partial charge in [0.2, 0.25) is 11.5 Å². The molecular weight excluding hydrogens is 360 g/mol. The van der Waals surface area contributed by atoms with Gasteiger partial charge in [-0.2, -0.15) is 0 Å². The highest BCUT2D eigenvalue weighted by Crippen LogP contribution is 2.35. The number of fused-ring (bicyclic) bond motifs is 1. The Labute approximate surface area is 165 Å². The summed E-state index contributed by atoms with van der Waals surface area (Å²) >= 11 is 0. The molecule has 0 spiro atoms. The van der Waals surface area contributed by atoms with E-state index in [4.69, 9.17) is 18.9 Å². The molecule has 1 aliphatic carbocycles. The van der Waals surface area contributed by atoms with Crippen LogP contribution in [-0.4, -0.2) is 30.8 Å². The Morgan fingerprint density at radius 2 is 1.93 bits per heavy atom. The molecule has 0 aromatic heterocycles. The molecule has 28 heavy (non-hydrogen) atoms. The third-order valence-corrected chi connectivity index (χ3v) is 5.08. The number of benzene rings is 1. The van der Waals surface area contributed by atoms with Crippen LogP contribution in [0, 0.1) is 19.8 Å². The van der Waals surface area contributed by atoms with Crippen LogP contribution in [0.3, 0.4) is 0 Å². The first-order valence-corrected chi connectivity index (χ1v) is 9.95. The lowest BCUT2D eigenvalue weighted by molar-refractivity contribution is -0.132. The summed E-state index contributed by atoms with van der Waals surface area (Å²) in [6.45, 7) is 6.36. The summed E-state index contributed by atoms with van der Waals surface area (Å²) in [7, 11) is 0. The summed E-state index contributed by atoms with van der Waals surface area (Å²) < 4.78 is 22.0. The number of allylic oxidation sites excluding steroid dienone is 1. The lowest BCUT2D eigenvalue weighted by atomic mass is 9.80. The first-order valence-electron chi connectivity index (χ1n) is 9.95. The molecule has 3 atom stereocenters. The number of carbonyl (C=O) groups is 2. The highest BCUT2D eigenvalue weighted by molar-refractivity contribution is 5.96. The molecule has 0 amide bonds. The second-order valence-corrected chi connectivity index (χ2v) is 7.56. The Hall–Kier alpha value is -2.50. The van der Waals surface area contributed by atoms with E-state index >= 15 is 0 Å². The van der Waals surface area contributed by atoms with Crippen molar-refractivity contribution in [2.75, 3.05) is 6.61 Å². The Morgan fingerprint density at radius 1 is 1.18 bits per heavy atom. The molecule has 0 bridgehead atoms. The van der Waals surface area contributed by atoms with Gasteiger partial charge in [-0.15, -0.1) is 0 Å². The molecule has 152 valence electrons. The summed E-state index contributed by atoms with van der Waals surface area (Å²) in [5, 5.41) is 0. The van der Waals surface area contributed by atoms with Gasteiger partial charge < -0.3 is 18.9 Å². The fourth-order valence-corrected chi connectivity index (χ4v) is 3.70. The van der Waals surface area contributed by atoms with Crippen molar-refractivity contribution in [3.8, 4) is 5.75 Å². The lowest BCUT2D eigenvalue weighted by Gasteiger charge is -2.36. The Morgan fingerprint density at radius 3 is 2.64 bits per heavy atom. The topological polar surface area (TPSA) is 71.1 Å². The summed E-state index contributed by atoms with van der Waals surface area (Å²) in [4.78, 5) is 24.6. The molecule has 1 heterocycles. The smallest absolute Gasteiger partial charge is 0.493 e. The number of unbranched alkanes of at least 4 members (excludes halogenated alkanes) is 1. The first-order chi connectivity index (χ1) is 13.5. The van der Waals surface area contributed by atoms with Gasteiger partial charge in [-0.05, 0) is 56.4 Å². The van der Waals surface area contributed by atoms with Crippen molar-refractivity contribution in [2.45, 2.75) is 65.1 Å². The second kappa shape index (κ2) is 9.13. The summed E-state index contributed by atoms with van der Waals surface area (Å²) in [5.74, 6) is 0.525. The molecule has 1 aromatic rings. The van der Waals surface area contributed by atoms with E-state index in [0.717, 1.165) is 24.0 Å². The van der Waals surface area contributed by atoms with Crippen LogP contribution in [0.5, 0.6) is 5.75 Å². The Kier molecular flexibility index (Phi) is 6.60. The molecule has 1 saturated carbocycles. The number of hydrogen-bond donors (Lipinski definition) is 0. The minimum Gasteiger partial charge on any atom is -0.493 e. The highest BCUT2D eigenvalue weighted by atomic mass is 16.7. The van der Waals surface area contributed by atoms with Crippen LogP contribution in [0.4, 0.5) is 4.79 Å². The van der Waals surface area contributed by atoms with E-state index < -0.39 is 6.16 Å². The van der Waals surface area contributed by atoms with Gasteiger partial charge in [-0.25, -0.2) is 4.79 Å². The van der Waals surface area contributed by atoms with E-state index in [1.807, 2.05) is 39.0 Å². The zero-order chi connectivity index (χ0) is 20.1. The normalized spacial score (nSPS) is 23.9. The largest absolute Gasteiger partial charge is 0.508 e. The van der Waals surface area contributed by atoms with E-state index in [9.17, 15) is 9.59 Å². The zero-order valence-corrected chi connectivity index (χ0v) is 16.7. The van der Waals surface area contributed by atoms with Gasteiger partial charge in [-0.3, -0.25) is 4.79 Å². The van der Waals surface area contributed by atoms with Crippen molar-refractivity contribution in [3.05, 3.63) is 41.3 Å². The average Bonchev–Trinajstić information content (AvgIpc) is 2.63. The molecule has 0 saturated heterocycles. The van der Waals surface area contributed by atoms with Crippen LogP contribution in [0.2, 0.25) is 0 Å². The van der Waals surface area contributed by atoms with Crippen LogP contribution in [-0.2, 0) is 19.0 Å². The quantitative estimate of drug-likeness (QED) is 0.523. The van der Waals surface area contributed by atoms with E-state index in [1.165, 1.54) is 6.26 Å². The number of aryl methyl sites for hydroxylation is 2. The van der Waals surface area contributed by atoms with E-state index in [2.05, 4.69) is 0 Å². The van der Waals surface area contributed by atoms with Crippen LogP contribution in [0.15, 0.2) is 30.2 Å². The van der Waals surface area contributed by atoms with Gasteiger partial charge in [0.1, 0.15) is 24.2 Å². The van der Waals surface area contributed by atoms with E-state index in [0.29, 0.717) is 31.6 Å². The molecule has 1 fully saturated rings. The molecule has 0 radical (unpaired) electrons. The molecule has 6 heteroatoms. The van der Waals surface area contributed by atoms with E-state index in [1.54, 1.807) is 0 Å². The number of carbonyl (C=O) groups excluding carboxylic acids is 2. The maximum Gasteiger partial charge on any atom is 0.508 e. The average molecular weight is 388 g/mol. The molecule has 6 nitrogen and oxygen atoms in total. The van der Waals surface area contributed by atoms with Crippen LogP contribution < -0.4 is 4.74 Å². The molecule has 0 N–H and O–H groups in total. The third-order valence-electron chi connectivity index (χ3n) is 5.08. The van der Waals surface area contributed by atoms with Crippen molar-refractivity contribution < 1.29 is 28.5 Å². The summed E-state index contributed by atoms with van der Waals surface area (Å²) in [5.41, 5.74) is 2.14. The van der Waals surface area contributed by atoms with Gasteiger partial charge >= 0.3 is 6.16 Å². The maximum atomic E-state index is 12.8. The summed E-state index contributed by atoms with van der Waals surface area (Å²) in [6.07, 6.45) is 3.59. The van der Waals surface area contributed by atoms with Crippen molar-refractivity contribution in [3.63, 3.8) is 0 Å². The lowest BCUT2D eigenvalue weighted by Crippen LogP contribution is -2.43. The van der Waals surface area contributed by atoms with Crippen LogP contribution in [0.25, 0.3) is 0 Å². The Balaban J connectivity index is 1.57. The molecule has 3 unspecified atom stereocenters. The van der Waals surface area contributed by atoms with Gasteiger partial charge in [0.15, 0.2) is 0 Å². The molecule has 1 aromatic carbocycles. The zero-order valence-electron chi connectivity index (χ0n) is 16.7. The predicted octanol–water partition coefficient (Wildman–Crippen LogP) is 4.61. The van der Waals surface area contributed by atoms with Crippen LogP contribution >= 0.6 is 0 Å². The van der Waals surface area contributed by atoms with E-state index in [-0.39, 0.29) is 29.7 Å². The predicted molar refractivity (Wildman–Crippen MR) is 103 cm³/mol. The van der Waals surface area contributed by atoms with Crippen LogP contribution in [0.1, 0.15) is 50.2 Å². The van der Waals surface area contributed by atoms with Gasteiger partial charge in [0.25, 0.3) is 0 Å². The number of ketones is 1. The fraction of sp³-hybridized carbons (Fsp3) is 0.545. The van der Waals surface area contributed by atoms with Crippen molar-refractivity contribution in [2.24, 2.45) is 5.92 Å². The minimum atomic E-state index is -0.645. The highest BCUT2D eigenvalue weighted by Gasteiger charge is 2.42. The monoisotopic (exact) mass is 388 g/mol. The minimum absolute atomic E-state index is 0.0561. The van der Waals surface area contributed by atoms with Gasteiger partial charge in [-0.1, -0.05) is 19.4 Å².